The van der Waals surface area contributed by atoms with E-state index in [0.29, 0.717) is 12.2 Å². The average Bonchev–Trinajstić information content (AvgIpc) is 2.92. The van der Waals surface area contributed by atoms with Gasteiger partial charge in [-0.2, -0.15) is 0 Å². The minimum Gasteiger partial charge on any atom is -0.508 e. The molecule has 0 aliphatic carbocycles. The largest absolute Gasteiger partial charge is 0.508 e. The molecule has 5 atom stereocenters. The lowest BCUT2D eigenvalue weighted by Crippen LogP contribution is -2.52. The molecule has 0 saturated carbocycles. The maximum atomic E-state index is 12.7. The Labute approximate surface area is 239 Å². The van der Waals surface area contributed by atoms with Crippen molar-refractivity contribution >= 4 is 35.5 Å². The third-order valence-electron chi connectivity index (χ3n) is 6.48. The molecule has 0 saturated heterocycles. The van der Waals surface area contributed by atoms with Gasteiger partial charge in [-0.15, -0.1) is 11.8 Å². The smallest absolute Gasteiger partial charge is 0.316 e. The van der Waals surface area contributed by atoms with E-state index in [0.717, 1.165) is 17.5 Å². The van der Waals surface area contributed by atoms with Crippen molar-refractivity contribution in [2.24, 2.45) is 11.7 Å². The van der Waals surface area contributed by atoms with E-state index in [2.05, 4.69) is 16.0 Å². The second kappa shape index (κ2) is 16.5. The SMILES string of the molecule is CCC(C)C(SCC(Cc1ccccc1)NC(=O)CNC(=O)C(C)NC(=O)C(N)Cc1ccc(O)cc1)C(=O)O. The minimum absolute atomic E-state index is 0.0271. The van der Waals surface area contributed by atoms with Crippen LogP contribution >= 0.6 is 11.8 Å². The summed E-state index contributed by atoms with van der Waals surface area (Å²) in [6, 6.07) is 13.7. The van der Waals surface area contributed by atoms with Gasteiger partial charge in [0.05, 0.1) is 12.6 Å². The van der Waals surface area contributed by atoms with Crippen molar-refractivity contribution < 1.29 is 29.4 Å². The third-order valence-corrected chi connectivity index (χ3v) is 8.10. The van der Waals surface area contributed by atoms with Crippen molar-refractivity contribution in [1.82, 2.24) is 16.0 Å². The molecule has 2 aromatic carbocycles. The number of carbonyl (C=O) groups excluding carboxylic acids is 3. The molecule has 0 fully saturated rings. The fourth-order valence-corrected chi connectivity index (χ4v) is 5.23. The number of phenolic OH excluding ortho intramolecular Hbond substituents is 1. The first kappa shape index (κ1) is 32.6. The molecule has 0 aromatic heterocycles. The molecule has 0 bridgehead atoms. The first-order valence-electron chi connectivity index (χ1n) is 13.3. The number of carboxylic acid groups (broad SMARTS) is 1. The van der Waals surface area contributed by atoms with Crippen LogP contribution in [0.15, 0.2) is 54.6 Å². The molecule has 10 nitrogen and oxygen atoms in total. The molecule has 0 aliphatic rings. The normalized spacial score (nSPS) is 14.7. The summed E-state index contributed by atoms with van der Waals surface area (Å²) < 4.78 is 0. The first-order valence-corrected chi connectivity index (χ1v) is 14.3. The second-order valence-electron chi connectivity index (χ2n) is 9.86. The van der Waals surface area contributed by atoms with E-state index < -0.39 is 41.0 Å². The first-order chi connectivity index (χ1) is 19.0. The van der Waals surface area contributed by atoms with Gasteiger partial charge < -0.3 is 31.9 Å². The molecule has 5 unspecified atom stereocenters. The standard InChI is InChI=1S/C29H40N4O6S/c1-4-18(2)26(29(38)39)40-17-22(14-20-8-6-5-7-9-20)33-25(35)16-31-27(36)19(3)32-28(37)24(30)15-21-10-12-23(34)13-11-21/h5-13,18-19,22,24,26,34H,4,14-17,30H2,1-3H3,(H,31,36)(H,32,37)(H,33,35)(H,38,39). The van der Waals surface area contributed by atoms with Gasteiger partial charge in [-0.1, -0.05) is 62.7 Å². The summed E-state index contributed by atoms with van der Waals surface area (Å²) >= 11 is 1.30. The second-order valence-corrected chi connectivity index (χ2v) is 11.0. The lowest BCUT2D eigenvalue weighted by atomic mass is 10.1. The summed E-state index contributed by atoms with van der Waals surface area (Å²) in [7, 11) is 0. The van der Waals surface area contributed by atoms with Crippen molar-refractivity contribution in [3.63, 3.8) is 0 Å². The number of benzene rings is 2. The Morgan fingerprint density at radius 2 is 1.52 bits per heavy atom. The Morgan fingerprint density at radius 1 is 0.900 bits per heavy atom. The van der Waals surface area contributed by atoms with Crippen molar-refractivity contribution in [3.8, 4) is 5.75 Å². The highest BCUT2D eigenvalue weighted by Gasteiger charge is 2.26. The van der Waals surface area contributed by atoms with Gasteiger partial charge in [0.15, 0.2) is 0 Å². The molecule has 0 spiro atoms. The van der Waals surface area contributed by atoms with E-state index in [4.69, 9.17) is 5.73 Å². The van der Waals surface area contributed by atoms with Gasteiger partial charge in [0.25, 0.3) is 0 Å². The number of amides is 3. The number of thioether (sulfide) groups is 1. The molecule has 2 aromatic rings. The Morgan fingerprint density at radius 3 is 2.12 bits per heavy atom. The van der Waals surface area contributed by atoms with Crippen LogP contribution in [0, 0.1) is 5.92 Å². The van der Waals surface area contributed by atoms with Gasteiger partial charge in [-0.3, -0.25) is 19.2 Å². The van der Waals surface area contributed by atoms with Crippen LogP contribution in [0.4, 0.5) is 0 Å². The lowest BCUT2D eigenvalue weighted by molar-refractivity contribution is -0.137. The summed E-state index contributed by atoms with van der Waals surface area (Å²) in [5.41, 5.74) is 7.72. The average molecular weight is 573 g/mol. The van der Waals surface area contributed by atoms with E-state index >= 15 is 0 Å². The van der Waals surface area contributed by atoms with Crippen LogP contribution in [0.25, 0.3) is 0 Å². The quantitative estimate of drug-likeness (QED) is 0.177. The highest BCUT2D eigenvalue weighted by molar-refractivity contribution is 8.00. The summed E-state index contributed by atoms with van der Waals surface area (Å²) in [6.45, 7) is 5.03. The summed E-state index contributed by atoms with van der Waals surface area (Å²) in [4.78, 5) is 49.4. The Hall–Kier alpha value is -3.57. The Balaban J connectivity index is 1.89. The van der Waals surface area contributed by atoms with Gasteiger partial charge >= 0.3 is 5.97 Å². The van der Waals surface area contributed by atoms with Crippen molar-refractivity contribution in [3.05, 3.63) is 65.7 Å². The molecular formula is C29H40N4O6S. The van der Waals surface area contributed by atoms with Crippen LogP contribution in [0.2, 0.25) is 0 Å². The summed E-state index contributed by atoms with van der Waals surface area (Å²) in [5, 5.41) is 26.4. The van der Waals surface area contributed by atoms with E-state index in [-0.39, 0.29) is 30.7 Å². The number of nitrogens with two attached hydrogens (primary N) is 1. The molecule has 3 amide bonds. The highest BCUT2D eigenvalue weighted by Crippen LogP contribution is 2.24. The number of nitrogens with one attached hydrogen (secondary N) is 3. The molecular weight excluding hydrogens is 532 g/mol. The van der Waals surface area contributed by atoms with E-state index in [1.807, 2.05) is 44.2 Å². The highest BCUT2D eigenvalue weighted by atomic mass is 32.2. The maximum Gasteiger partial charge on any atom is 0.316 e. The molecule has 2 rings (SSSR count). The number of carboxylic acids is 1. The molecule has 0 heterocycles. The van der Waals surface area contributed by atoms with Gasteiger partial charge in [0.1, 0.15) is 17.0 Å². The van der Waals surface area contributed by atoms with Gasteiger partial charge in [0.2, 0.25) is 17.7 Å². The third kappa shape index (κ3) is 11.3. The number of phenols is 1. The lowest BCUT2D eigenvalue weighted by Gasteiger charge is -2.23. The number of aromatic hydroxyl groups is 1. The molecule has 11 heteroatoms. The van der Waals surface area contributed by atoms with Gasteiger partial charge in [0, 0.05) is 11.8 Å². The van der Waals surface area contributed by atoms with Crippen molar-refractivity contribution in [2.75, 3.05) is 12.3 Å². The zero-order valence-corrected chi connectivity index (χ0v) is 23.9. The molecule has 0 radical (unpaired) electrons. The van der Waals surface area contributed by atoms with Crippen LogP contribution in [-0.4, -0.2) is 69.6 Å². The minimum atomic E-state index is -0.923. The molecule has 0 aliphatic heterocycles. The Bertz CT molecular complexity index is 1120. The van der Waals surface area contributed by atoms with Crippen LogP contribution in [0.1, 0.15) is 38.3 Å². The van der Waals surface area contributed by atoms with Gasteiger partial charge in [-0.05, 0) is 48.9 Å². The van der Waals surface area contributed by atoms with E-state index in [1.54, 1.807) is 12.1 Å². The fraction of sp³-hybridized carbons (Fsp3) is 0.448. The van der Waals surface area contributed by atoms with Crippen LogP contribution in [0.5, 0.6) is 5.75 Å². The number of hydrogen-bond acceptors (Lipinski definition) is 7. The predicted molar refractivity (Wildman–Crippen MR) is 156 cm³/mol. The van der Waals surface area contributed by atoms with Crippen LogP contribution < -0.4 is 21.7 Å². The predicted octanol–water partition coefficient (Wildman–Crippen LogP) is 1.84. The fourth-order valence-electron chi connectivity index (χ4n) is 3.93. The monoisotopic (exact) mass is 572 g/mol. The van der Waals surface area contributed by atoms with Crippen molar-refractivity contribution in [2.45, 2.75) is 63.4 Å². The summed E-state index contributed by atoms with van der Waals surface area (Å²) in [5.74, 6) is -1.89. The van der Waals surface area contributed by atoms with E-state index in [1.165, 1.54) is 30.8 Å². The summed E-state index contributed by atoms with van der Waals surface area (Å²) in [6.07, 6.45) is 1.46. The Kier molecular flexibility index (Phi) is 13.5. The zero-order valence-electron chi connectivity index (χ0n) is 23.1. The van der Waals surface area contributed by atoms with Crippen LogP contribution in [0.3, 0.4) is 0 Å². The van der Waals surface area contributed by atoms with Crippen LogP contribution in [-0.2, 0) is 32.0 Å². The number of aliphatic carboxylic acids is 1. The zero-order chi connectivity index (χ0) is 29.7. The molecule has 40 heavy (non-hydrogen) atoms. The van der Waals surface area contributed by atoms with Crippen molar-refractivity contribution in [1.29, 1.82) is 0 Å². The maximum absolute atomic E-state index is 12.7. The number of rotatable bonds is 16. The number of carbonyl (C=O) groups is 4. The molecule has 7 N–H and O–H groups in total. The van der Waals surface area contributed by atoms with E-state index in [9.17, 15) is 29.4 Å². The van der Waals surface area contributed by atoms with Gasteiger partial charge in [-0.25, -0.2) is 0 Å². The molecule has 218 valence electrons. The number of hydrogen-bond donors (Lipinski definition) is 6. The topological polar surface area (TPSA) is 171 Å².